The third-order valence-corrected chi connectivity index (χ3v) is 5.50. The molecule has 4 heteroatoms. The average molecular weight is 256 g/mol. The first-order valence-corrected chi connectivity index (χ1v) is 7.40. The summed E-state index contributed by atoms with van der Waals surface area (Å²) in [5, 5.41) is 0. The molecular weight excluding hydrogens is 240 g/mol. The second kappa shape index (κ2) is 5.73. The molecule has 0 radical (unpaired) electrons. The predicted octanol–water partition coefficient (Wildman–Crippen LogP) is 3.57. The molecule has 88 valence electrons. The molecule has 1 saturated heterocycles. The quantitative estimate of drug-likeness (QED) is 0.822. The molecule has 2 rings (SSSR count). The van der Waals surface area contributed by atoms with Crippen molar-refractivity contribution in [3.8, 4) is 11.5 Å². The maximum Gasteiger partial charge on any atom is 0.127 e. The van der Waals surface area contributed by atoms with E-state index < -0.39 is 0 Å². The summed E-state index contributed by atoms with van der Waals surface area (Å²) in [6.07, 6.45) is 1.31. The van der Waals surface area contributed by atoms with Crippen LogP contribution < -0.4 is 9.47 Å². The van der Waals surface area contributed by atoms with E-state index in [1.807, 2.05) is 35.7 Å². The van der Waals surface area contributed by atoms with Gasteiger partial charge in [0, 0.05) is 11.6 Å². The first-order chi connectivity index (χ1) is 7.85. The van der Waals surface area contributed by atoms with Crippen molar-refractivity contribution in [2.45, 2.75) is 11.0 Å². The zero-order chi connectivity index (χ0) is 11.4. The van der Waals surface area contributed by atoms with Crippen LogP contribution in [0.1, 0.15) is 16.6 Å². The molecule has 0 N–H and O–H groups in total. The van der Waals surface area contributed by atoms with Gasteiger partial charge in [0.05, 0.1) is 18.8 Å². The molecule has 0 unspecified atom stereocenters. The molecule has 1 aromatic carbocycles. The number of hydrogen-bond donors (Lipinski definition) is 0. The second-order valence-corrected chi connectivity index (χ2v) is 6.26. The van der Waals surface area contributed by atoms with E-state index in [2.05, 4.69) is 6.07 Å². The Kier molecular flexibility index (Phi) is 4.29. The maximum atomic E-state index is 5.43. The zero-order valence-electron chi connectivity index (χ0n) is 9.56. The zero-order valence-corrected chi connectivity index (χ0v) is 11.2. The SMILES string of the molecule is COc1ccc(C2SCCCS2)c(OC)c1. The standard InChI is InChI=1S/C12H16O2S2/c1-13-9-4-5-10(11(8-9)14-2)12-15-6-3-7-16-12/h4-5,8,12H,3,6-7H2,1-2H3. The smallest absolute Gasteiger partial charge is 0.127 e. The van der Waals surface area contributed by atoms with Gasteiger partial charge in [0.15, 0.2) is 0 Å². The molecule has 1 aromatic rings. The average Bonchev–Trinajstić information content (AvgIpc) is 2.39. The van der Waals surface area contributed by atoms with Gasteiger partial charge in [-0.1, -0.05) is 0 Å². The number of benzene rings is 1. The van der Waals surface area contributed by atoms with Crippen LogP contribution in [0.2, 0.25) is 0 Å². The Morgan fingerprint density at radius 2 is 1.88 bits per heavy atom. The minimum absolute atomic E-state index is 0.509. The van der Waals surface area contributed by atoms with Crippen molar-refractivity contribution in [3.05, 3.63) is 23.8 Å². The van der Waals surface area contributed by atoms with E-state index in [4.69, 9.17) is 9.47 Å². The summed E-state index contributed by atoms with van der Waals surface area (Å²) in [6, 6.07) is 6.09. The van der Waals surface area contributed by atoms with Gasteiger partial charge in [0.1, 0.15) is 11.5 Å². The molecule has 1 fully saturated rings. The fraction of sp³-hybridized carbons (Fsp3) is 0.500. The van der Waals surface area contributed by atoms with E-state index in [0.29, 0.717) is 4.58 Å². The van der Waals surface area contributed by atoms with Crippen LogP contribution in [0.25, 0.3) is 0 Å². The van der Waals surface area contributed by atoms with Crippen LogP contribution in [-0.4, -0.2) is 25.7 Å². The molecule has 1 aliphatic rings. The van der Waals surface area contributed by atoms with Crippen LogP contribution in [-0.2, 0) is 0 Å². The molecule has 1 aliphatic heterocycles. The summed E-state index contributed by atoms with van der Waals surface area (Å²) in [5.74, 6) is 4.28. The molecule has 0 aromatic heterocycles. The highest BCUT2D eigenvalue weighted by atomic mass is 32.2. The number of thioether (sulfide) groups is 2. The number of methoxy groups -OCH3 is 2. The minimum Gasteiger partial charge on any atom is -0.497 e. The lowest BCUT2D eigenvalue weighted by Crippen LogP contribution is -2.02. The molecular formula is C12H16O2S2. The Bertz CT molecular complexity index is 349. The minimum atomic E-state index is 0.509. The largest absolute Gasteiger partial charge is 0.497 e. The molecule has 1 heterocycles. The number of ether oxygens (including phenoxy) is 2. The third-order valence-electron chi connectivity index (χ3n) is 2.52. The highest BCUT2D eigenvalue weighted by Gasteiger charge is 2.20. The highest BCUT2D eigenvalue weighted by molar-refractivity contribution is 8.16. The Hall–Kier alpha value is -0.480. The Morgan fingerprint density at radius 1 is 1.12 bits per heavy atom. The van der Waals surface area contributed by atoms with Gasteiger partial charge in [-0.3, -0.25) is 0 Å². The Morgan fingerprint density at radius 3 is 2.50 bits per heavy atom. The predicted molar refractivity (Wildman–Crippen MR) is 71.8 cm³/mol. The van der Waals surface area contributed by atoms with Gasteiger partial charge in [-0.25, -0.2) is 0 Å². The lowest BCUT2D eigenvalue weighted by Gasteiger charge is -2.23. The molecule has 0 bridgehead atoms. The fourth-order valence-corrected chi connectivity index (χ4v) is 4.62. The van der Waals surface area contributed by atoms with E-state index in [-0.39, 0.29) is 0 Å². The first kappa shape index (κ1) is 12.0. The van der Waals surface area contributed by atoms with Crippen molar-refractivity contribution in [2.75, 3.05) is 25.7 Å². The summed E-state index contributed by atoms with van der Waals surface area (Å²) in [7, 11) is 3.40. The molecule has 0 amide bonds. The van der Waals surface area contributed by atoms with Crippen molar-refractivity contribution in [1.29, 1.82) is 0 Å². The van der Waals surface area contributed by atoms with E-state index in [0.717, 1.165) is 11.5 Å². The molecule has 2 nitrogen and oxygen atoms in total. The summed E-state index contributed by atoms with van der Waals surface area (Å²) >= 11 is 4.00. The van der Waals surface area contributed by atoms with Gasteiger partial charge in [-0.15, -0.1) is 23.5 Å². The van der Waals surface area contributed by atoms with Crippen molar-refractivity contribution in [1.82, 2.24) is 0 Å². The van der Waals surface area contributed by atoms with Gasteiger partial charge >= 0.3 is 0 Å². The van der Waals surface area contributed by atoms with Gasteiger partial charge in [-0.05, 0) is 30.1 Å². The maximum absolute atomic E-state index is 5.43. The van der Waals surface area contributed by atoms with Crippen LogP contribution in [0.3, 0.4) is 0 Å². The Balaban J connectivity index is 2.24. The van der Waals surface area contributed by atoms with E-state index >= 15 is 0 Å². The molecule has 16 heavy (non-hydrogen) atoms. The molecule has 0 spiro atoms. The normalized spacial score (nSPS) is 17.1. The van der Waals surface area contributed by atoms with Crippen LogP contribution in [0, 0.1) is 0 Å². The van der Waals surface area contributed by atoms with Crippen molar-refractivity contribution in [2.24, 2.45) is 0 Å². The highest BCUT2D eigenvalue weighted by Crippen LogP contribution is 2.47. The van der Waals surface area contributed by atoms with Gasteiger partial charge < -0.3 is 9.47 Å². The van der Waals surface area contributed by atoms with Crippen LogP contribution >= 0.6 is 23.5 Å². The molecule has 0 atom stereocenters. The molecule has 0 aliphatic carbocycles. The van der Waals surface area contributed by atoms with Crippen LogP contribution in [0.4, 0.5) is 0 Å². The fourth-order valence-electron chi connectivity index (χ4n) is 1.68. The molecule has 0 saturated carbocycles. The van der Waals surface area contributed by atoms with Crippen molar-refractivity contribution < 1.29 is 9.47 Å². The van der Waals surface area contributed by atoms with Gasteiger partial charge in [0.2, 0.25) is 0 Å². The summed E-state index contributed by atoms with van der Waals surface area (Å²) in [6.45, 7) is 0. The number of hydrogen-bond acceptors (Lipinski definition) is 4. The van der Waals surface area contributed by atoms with E-state index in [1.165, 1.54) is 23.5 Å². The third kappa shape index (κ3) is 2.61. The first-order valence-electron chi connectivity index (χ1n) is 5.30. The van der Waals surface area contributed by atoms with Crippen LogP contribution in [0.5, 0.6) is 11.5 Å². The second-order valence-electron chi connectivity index (χ2n) is 3.53. The lowest BCUT2D eigenvalue weighted by atomic mass is 10.2. The lowest BCUT2D eigenvalue weighted by molar-refractivity contribution is 0.392. The van der Waals surface area contributed by atoms with E-state index in [9.17, 15) is 0 Å². The van der Waals surface area contributed by atoms with Crippen molar-refractivity contribution in [3.63, 3.8) is 0 Å². The number of rotatable bonds is 3. The Labute approximate surface area is 105 Å². The monoisotopic (exact) mass is 256 g/mol. The van der Waals surface area contributed by atoms with Gasteiger partial charge in [-0.2, -0.15) is 0 Å². The summed E-state index contributed by atoms with van der Waals surface area (Å²) < 4.78 is 11.1. The van der Waals surface area contributed by atoms with Gasteiger partial charge in [0.25, 0.3) is 0 Å². The van der Waals surface area contributed by atoms with Crippen molar-refractivity contribution >= 4 is 23.5 Å². The summed E-state index contributed by atoms with van der Waals surface area (Å²) in [4.78, 5) is 0. The summed E-state index contributed by atoms with van der Waals surface area (Å²) in [5.41, 5.74) is 1.28. The topological polar surface area (TPSA) is 18.5 Å². The van der Waals surface area contributed by atoms with E-state index in [1.54, 1.807) is 14.2 Å². The van der Waals surface area contributed by atoms with Crippen LogP contribution in [0.15, 0.2) is 18.2 Å².